The van der Waals surface area contributed by atoms with Gasteiger partial charge in [-0.3, -0.25) is 0 Å². The van der Waals surface area contributed by atoms with Crippen LogP contribution in [0.15, 0.2) is 111 Å². The van der Waals surface area contributed by atoms with Gasteiger partial charge in [0.15, 0.2) is 0 Å². The van der Waals surface area contributed by atoms with Gasteiger partial charge in [-0.05, 0) is 43.2 Å². The number of rotatable bonds is 7. The van der Waals surface area contributed by atoms with E-state index in [0.29, 0.717) is 11.3 Å². The summed E-state index contributed by atoms with van der Waals surface area (Å²) in [5, 5.41) is 0. The van der Waals surface area contributed by atoms with Crippen molar-refractivity contribution in [2.24, 2.45) is 3.77 Å². The fourth-order valence-corrected chi connectivity index (χ4v) is 6.60. The van der Waals surface area contributed by atoms with Crippen LogP contribution in [0.1, 0.15) is 11.1 Å². The zero-order chi connectivity index (χ0) is 20.7. The number of sulfonamides is 1. The van der Waals surface area contributed by atoms with Gasteiger partial charge in [-0.15, -0.1) is 3.77 Å². The summed E-state index contributed by atoms with van der Waals surface area (Å²) < 4.78 is 43.2. The topological polar surface area (TPSA) is 63.6 Å². The van der Waals surface area contributed by atoms with Crippen LogP contribution in [0.2, 0.25) is 0 Å². The van der Waals surface area contributed by atoms with E-state index in [1.54, 1.807) is 48.5 Å². The average molecular weight is 426 g/mol. The van der Waals surface area contributed by atoms with E-state index >= 15 is 0 Å². The Bertz CT molecular complexity index is 1190. The molecule has 0 amide bonds. The van der Waals surface area contributed by atoms with Gasteiger partial charge in [0.25, 0.3) is 10.0 Å². The summed E-state index contributed by atoms with van der Waals surface area (Å²) in [7, 11) is -7.24. The van der Waals surface area contributed by atoms with Crippen LogP contribution in [0.5, 0.6) is 0 Å². The normalized spacial score (nSPS) is 13.8. The molecular formula is C23H23NO3S2. The molecule has 0 saturated carbocycles. The Hall–Kier alpha value is -2.70. The molecule has 0 radical (unpaired) electrons. The van der Waals surface area contributed by atoms with Crippen molar-refractivity contribution in [3.8, 4) is 0 Å². The van der Waals surface area contributed by atoms with Crippen LogP contribution in [0.4, 0.5) is 0 Å². The lowest BCUT2D eigenvalue weighted by Gasteiger charge is -2.09. The Balaban J connectivity index is 1.94. The first kappa shape index (κ1) is 21.0. The fourth-order valence-electron chi connectivity index (χ4n) is 2.75. The van der Waals surface area contributed by atoms with Gasteiger partial charge in [0, 0.05) is 4.90 Å². The first-order valence-electron chi connectivity index (χ1n) is 9.21. The maximum Gasteiger partial charge on any atom is 0.290 e. The summed E-state index contributed by atoms with van der Waals surface area (Å²) in [6, 6.07) is 24.8. The second kappa shape index (κ2) is 9.20. The van der Waals surface area contributed by atoms with Crippen molar-refractivity contribution in [2.45, 2.75) is 23.1 Å². The van der Waals surface area contributed by atoms with Gasteiger partial charge in [-0.2, -0.15) is 8.42 Å². The molecule has 0 aliphatic carbocycles. The van der Waals surface area contributed by atoms with E-state index in [-0.39, 0.29) is 10.6 Å². The molecule has 1 unspecified atom stereocenters. The summed E-state index contributed by atoms with van der Waals surface area (Å²) in [5.41, 5.74) is 2.07. The molecule has 1 atom stereocenters. The minimum absolute atomic E-state index is 0.0228. The van der Waals surface area contributed by atoms with Gasteiger partial charge in [0.1, 0.15) is 0 Å². The highest BCUT2D eigenvalue weighted by atomic mass is 32.3. The summed E-state index contributed by atoms with van der Waals surface area (Å²) in [4.78, 5) is 0.445. The molecule has 0 N–H and O–H groups in total. The van der Waals surface area contributed by atoms with E-state index in [2.05, 4.69) is 3.77 Å². The molecule has 29 heavy (non-hydrogen) atoms. The van der Waals surface area contributed by atoms with E-state index in [1.807, 2.05) is 43.3 Å². The van der Waals surface area contributed by atoms with Crippen molar-refractivity contribution in [3.05, 3.63) is 108 Å². The van der Waals surface area contributed by atoms with E-state index in [0.717, 1.165) is 11.1 Å². The van der Waals surface area contributed by atoms with Gasteiger partial charge < -0.3 is 0 Å². The molecule has 150 valence electrons. The van der Waals surface area contributed by atoms with Crippen LogP contribution in [0.3, 0.4) is 0 Å². The Morgan fingerprint density at radius 2 is 1.31 bits per heavy atom. The molecule has 0 fully saturated rings. The predicted octanol–water partition coefficient (Wildman–Crippen LogP) is 5.01. The highest BCUT2D eigenvalue weighted by Crippen LogP contribution is 2.21. The third-order valence-corrected chi connectivity index (χ3v) is 8.60. The van der Waals surface area contributed by atoms with Crippen molar-refractivity contribution < 1.29 is 12.6 Å². The number of benzene rings is 3. The predicted molar refractivity (Wildman–Crippen MR) is 118 cm³/mol. The molecular weight excluding hydrogens is 402 g/mol. The van der Waals surface area contributed by atoms with E-state index in [1.165, 1.54) is 12.1 Å². The van der Waals surface area contributed by atoms with Crippen LogP contribution in [0, 0.1) is 6.92 Å². The summed E-state index contributed by atoms with van der Waals surface area (Å²) in [6.07, 6.45) is 4.32. The molecule has 3 aromatic carbocycles. The molecule has 6 heteroatoms. The Kier molecular flexibility index (Phi) is 6.67. The molecule has 0 aromatic heterocycles. The minimum atomic E-state index is -4.06. The Morgan fingerprint density at radius 3 is 1.93 bits per heavy atom. The molecule has 3 aromatic rings. The molecule has 0 aliphatic rings. The lowest BCUT2D eigenvalue weighted by atomic mass is 10.1. The molecule has 4 nitrogen and oxygen atoms in total. The SMILES string of the molecule is Cc1ccc(S(=O)(=O)N=S(=O)(C/C=C/Cc2ccccc2)c2ccccc2)cc1. The van der Waals surface area contributed by atoms with Gasteiger partial charge in [0.2, 0.25) is 0 Å². The Morgan fingerprint density at radius 1 is 0.724 bits per heavy atom. The zero-order valence-corrected chi connectivity index (χ0v) is 17.8. The molecule has 0 aliphatic heterocycles. The maximum absolute atomic E-state index is 13.7. The van der Waals surface area contributed by atoms with Crippen molar-refractivity contribution >= 4 is 19.8 Å². The van der Waals surface area contributed by atoms with Gasteiger partial charge in [0.05, 0.1) is 20.4 Å². The van der Waals surface area contributed by atoms with Gasteiger partial charge in [-0.25, -0.2) is 4.21 Å². The second-order valence-corrected chi connectivity index (χ2v) is 10.7. The Labute approximate surface area is 173 Å². The lowest BCUT2D eigenvalue weighted by molar-refractivity contribution is 0.598. The van der Waals surface area contributed by atoms with E-state index in [9.17, 15) is 12.6 Å². The molecule has 0 spiro atoms. The first-order valence-corrected chi connectivity index (χ1v) is 12.3. The first-order chi connectivity index (χ1) is 13.9. The van der Waals surface area contributed by atoms with Crippen molar-refractivity contribution in [1.29, 1.82) is 0 Å². The van der Waals surface area contributed by atoms with Crippen LogP contribution < -0.4 is 0 Å². The minimum Gasteiger partial charge on any atom is -0.243 e. The van der Waals surface area contributed by atoms with Crippen molar-refractivity contribution in [1.82, 2.24) is 0 Å². The van der Waals surface area contributed by atoms with E-state index in [4.69, 9.17) is 0 Å². The molecule has 3 rings (SSSR count). The van der Waals surface area contributed by atoms with Crippen LogP contribution in [0.25, 0.3) is 0 Å². The number of aryl methyl sites for hydroxylation is 1. The summed E-state index contributed by atoms with van der Waals surface area (Å²) in [6.45, 7) is 1.87. The molecule has 0 bridgehead atoms. The standard InChI is InChI=1S/C23H23NO3S2/c1-20-15-17-23(18-16-20)29(26,27)24-28(25,22-13-6-3-7-14-22)19-9-8-12-21-10-4-2-5-11-21/h2-11,13-18H,12,19H2,1H3/b9-8+. The average Bonchev–Trinajstić information content (AvgIpc) is 2.73. The smallest absolute Gasteiger partial charge is 0.243 e. The zero-order valence-electron chi connectivity index (χ0n) is 16.1. The molecule has 0 saturated heterocycles. The number of nitrogens with zero attached hydrogens (tertiary/aromatic N) is 1. The largest absolute Gasteiger partial charge is 0.290 e. The fraction of sp³-hybridized carbons (Fsp3) is 0.130. The monoisotopic (exact) mass is 425 g/mol. The van der Waals surface area contributed by atoms with Gasteiger partial charge in [-0.1, -0.05) is 78.4 Å². The third-order valence-electron chi connectivity index (χ3n) is 4.33. The summed E-state index contributed by atoms with van der Waals surface area (Å²) >= 11 is 0. The van der Waals surface area contributed by atoms with Gasteiger partial charge >= 0.3 is 0 Å². The van der Waals surface area contributed by atoms with E-state index < -0.39 is 19.8 Å². The number of hydrogen-bond acceptors (Lipinski definition) is 3. The van der Waals surface area contributed by atoms with Crippen molar-refractivity contribution in [2.75, 3.05) is 5.75 Å². The van der Waals surface area contributed by atoms with Crippen LogP contribution >= 0.6 is 0 Å². The van der Waals surface area contributed by atoms with Crippen molar-refractivity contribution in [3.63, 3.8) is 0 Å². The third kappa shape index (κ3) is 5.65. The van der Waals surface area contributed by atoms with Crippen LogP contribution in [-0.4, -0.2) is 18.4 Å². The van der Waals surface area contributed by atoms with Crippen LogP contribution in [-0.2, 0) is 26.2 Å². The number of hydrogen-bond donors (Lipinski definition) is 0. The highest BCUT2D eigenvalue weighted by molar-refractivity contribution is 8.03. The highest BCUT2D eigenvalue weighted by Gasteiger charge is 2.19. The quantitative estimate of drug-likeness (QED) is 0.500. The number of allylic oxidation sites excluding steroid dienone is 1. The second-order valence-electron chi connectivity index (χ2n) is 6.64. The summed E-state index contributed by atoms with van der Waals surface area (Å²) in [5.74, 6) is 0.0228. The lowest BCUT2D eigenvalue weighted by Crippen LogP contribution is -2.09. The molecule has 0 heterocycles. The maximum atomic E-state index is 13.7.